The van der Waals surface area contributed by atoms with Crippen LogP contribution in [0.1, 0.15) is 45.2 Å². The zero-order valence-corrected chi connectivity index (χ0v) is 16.8. The fraction of sp³-hybridized carbons (Fsp3) is 0.182. The number of aliphatic hydroxyl groups is 1. The van der Waals surface area contributed by atoms with Gasteiger partial charge in [0, 0.05) is 11.3 Å². The predicted octanol–water partition coefficient (Wildman–Crippen LogP) is 5.84. The Morgan fingerprint density at radius 1 is 0.931 bits per heavy atom. The van der Waals surface area contributed by atoms with Gasteiger partial charge < -0.3 is 20.9 Å². The van der Waals surface area contributed by atoms with Crippen molar-refractivity contribution in [1.29, 1.82) is 0 Å². The number of nitrogens with zero attached hydrogens (tertiary/aromatic N) is 1. The average molecular weight is 430 g/mol. The molecule has 5 nitrogen and oxygen atoms in total. The first-order valence-electron chi connectivity index (χ1n) is 9.14. The fourth-order valence-electron chi connectivity index (χ4n) is 3.69. The Kier molecular flexibility index (Phi) is 5.67. The summed E-state index contributed by atoms with van der Waals surface area (Å²) in [4.78, 5) is 0. The van der Waals surface area contributed by atoms with E-state index >= 15 is 0 Å². The zero-order chi connectivity index (χ0) is 20.5. The number of hydrogen-bond donors (Lipinski definition) is 3. The maximum absolute atomic E-state index is 11.8. The number of benzene rings is 3. The van der Waals surface area contributed by atoms with Gasteiger partial charge in [-0.05, 0) is 28.8 Å². The summed E-state index contributed by atoms with van der Waals surface area (Å²) in [6, 6.07) is 21.5. The Morgan fingerprint density at radius 2 is 1.55 bits per heavy atom. The number of rotatable bonds is 5. The highest BCUT2D eigenvalue weighted by molar-refractivity contribution is 6.30. The highest BCUT2D eigenvalue weighted by Crippen LogP contribution is 2.49. The average Bonchev–Trinajstić information content (AvgIpc) is 3.08. The second kappa shape index (κ2) is 8.22. The van der Waals surface area contributed by atoms with Crippen molar-refractivity contribution in [3.63, 3.8) is 0 Å². The van der Waals surface area contributed by atoms with Crippen LogP contribution in [0.5, 0.6) is 0 Å². The maximum atomic E-state index is 11.8. The topological polar surface area (TPSA) is 78.8 Å². The summed E-state index contributed by atoms with van der Waals surface area (Å²) in [5, 5.41) is 34.0. The molecule has 0 aromatic heterocycles. The van der Waals surface area contributed by atoms with Gasteiger partial charge in [-0.3, -0.25) is 5.21 Å². The number of alkyl halides is 2. The van der Waals surface area contributed by atoms with Crippen molar-refractivity contribution in [2.24, 2.45) is 0 Å². The summed E-state index contributed by atoms with van der Waals surface area (Å²) >= 11 is 13.2. The Labute approximate surface area is 178 Å². The van der Waals surface area contributed by atoms with E-state index in [1.54, 1.807) is 6.07 Å². The summed E-state index contributed by atoms with van der Waals surface area (Å²) in [5.41, 5.74) is 3.19. The van der Waals surface area contributed by atoms with Gasteiger partial charge in [-0.2, -0.15) is 0 Å². The van der Waals surface area contributed by atoms with Gasteiger partial charge >= 0.3 is 0 Å². The Morgan fingerprint density at radius 3 is 2.17 bits per heavy atom. The van der Waals surface area contributed by atoms with Crippen LogP contribution in [0, 0.1) is 5.21 Å². The quantitative estimate of drug-likeness (QED) is 0.350. The largest absolute Gasteiger partial charge is 0.733 e. The predicted molar refractivity (Wildman–Crippen MR) is 115 cm³/mol. The second-order valence-electron chi connectivity index (χ2n) is 6.96. The van der Waals surface area contributed by atoms with Crippen molar-refractivity contribution >= 4 is 34.6 Å². The van der Waals surface area contributed by atoms with Gasteiger partial charge in [-0.15, -0.1) is 23.2 Å². The lowest BCUT2D eigenvalue weighted by molar-refractivity contribution is 0.164. The molecule has 7 heteroatoms. The smallest absolute Gasteiger partial charge is 0.105 e. The molecule has 4 rings (SSSR count). The van der Waals surface area contributed by atoms with Crippen molar-refractivity contribution in [2.75, 3.05) is 10.5 Å². The molecule has 150 valence electrons. The van der Waals surface area contributed by atoms with Crippen LogP contribution in [0.2, 0.25) is 0 Å². The molecule has 29 heavy (non-hydrogen) atoms. The van der Waals surface area contributed by atoms with Crippen molar-refractivity contribution in [2.45, 2.75) is 22.9 Å². The van der Waals surface area contributed by atoms with Crippen LogP contribution in [-0.2, 0) is 0 Å². The van der Waals surface area contributed by atoms with Crippen LogP contribution in [0.3, 0.4) is 0 Å². The molecule has 3 N–H and O–H groups in total. The molecule has 0 fully saturated rings. The van der Waals surface area contributed by atoms with Crippen molar-refractivity contribution in [3.05, 3.63) is 100 Å². The summed E-state index contributed by atoms with van der Waals surface area (Å²) in [7, 11) is 0. The summed E-state index contributed by atoms with van der Waals surface area (Å²) < 4.78 is 0. The Balaban J connectivity index is 1.73. The Bertz CT molecular complexity index is 986. The molecule has 0 aliphatic carbocycles. The van der Waals surface area contributed by atoms with Gasteiger partial charge in [-0.1, -0.05) is 60.7 Å². The molecule has 0 unspecified atom stereocenters. The van der Waals surface area contributed by atoms with E-state index in [0.29, 0.717) is 16.8 Å². The van der Waals surface area contributed by atoms with E-state index in [9.17, 15) is 15.5 Å². The highest BCUT2D eigenvalue weighted by atomic mass is 35.5. The molecule has 4 atom stereocenters. The normalized spacial score (nSPS) is 19.9. The van der Waals surface area contributed by atoms with E-state index in [0.717, 1.165) is 11.1 Å². The van der Waals surface area contributed by atoms with Gasteiger partial charge in [0.15, 0.2) is 0 Å². The number of aliphatic hydroxyl groups excluding tert-OH is 1. The molecule has 0 saturated carbocycles. The zero-order valence-electron chi connectivity index (χ0n) is 15.2. The number of nitrogens with one attached hydrogen (secondary N) is 1. The third-order valence-corrected chi connectivity index (χ3v) is 6.30. The first-order chi connectivity index (χ1) is 14.0. The van der Waals surface area contributed by atoms with Crippen LogP contribution in [0.4, 0.5) is 11.4 Å². The van der Waals surface area contributed by atoms with Gasteiger partial charge in [0.25, 0.3) is 0 Å². The van der Waals surface area contributed by atoms with Crippen LogP contribution < -0.4 is 10.5 Å². The molecule has 0 radical (unpaired) electrons. The van der Waals surface area contributed by atoms with Gasteiger partial charge in [0.2, 0.25) is 0 Å². The van der Waals surface area contributed by atoms with Crippen molar-refractivity contribution < 1.29 is 10.3 Å². The fourth-order valence-corrected chi connectivity index (χ4v) is 4.30. The number of halogens is 2. The standard InChI is InChI=1S/C22H19Cl2N2O3/c23-19(13-7-3-1-4-8-13)20(24)16-11-15-17(12-18(16)26(28)29)25-21(22(15)27)14-9-5-2-6-10-14/h1-12,19-22,25,27-28H/q-1/t19-,20+,21+,22+/m1/s1. The van der Waals surface area contributed by atoms with E-state index in [1.165, 1.54) is 6.07 Å². The van der Waals surface area contributed by atoms with Crippen molar-refractivity contribution in [3.8, 4) is 0 Å². The second-order valence-corrected chi connectivity index (χ2v) is 7.90. The number of anilines is 2. The van der Waals surface area contributed by atoms with Gasteiger partial charge in [-0.25, -0.2) is 0 Å². The van der Waals surface area contributed by atoms with Gasteiger partial charge in [0.1, 0.15) is 6.10 Å². The molecular weight excluding hydrogens is 411 g/mol. The van der Waals surface area contributed by atoms with Crippen LogP contribution in [-0.4, -0.2) is 10.3 Å². The monoisotopic (exact) mass is 429 g/mol. The molecule has 3 aromatic carbocycles. The highest BCUT2D eigenvalue weighted by Gasteiger charge is 2.34. The minimum absolute atomic E-state index is 0.0151. The molecule has 0 spiro atoms. The Hall–Kier alpha value is -2.28. The first kappa shape index (κ1) is 20.0. The lowest BCUT2D eigenvalue weighted by Crippen LogP contribution is -2.13. The summed E-state index contributed by atoms with van der Waals surface area (Å²) in [5.74, 6) is 0. The number of fused-ring (bicyclic) bond motifs is 1. The first-order valence-corrected chi connectivity index (χ1v) is 10.0. The van der Waals surface area contributed by atoms with Crippen LogP contribution in [0.25, 0.3) is 0 Å². The van der Waals surface area contributed by atoms with E-state index in [-0.39, 0.29) is 17.0 Å². The maximum Gasteiger partial charge on any atom is 0.105 e. The third-order valence-electron chi connectivity index (χ3n) is 5.18. The molecule has 0 amide bonds. The van der Waals surface area contributed by atoms with E-state index in [2.05, 4.69) is 5.32 Å². The van der Waals surface area contributed by atoms with E-state index in [4.69, 9.17) is 23.2 Å². The molecule has 0 bridgehead atoms. The lowest BCUT2D eigenvalue weighted by Gasteiger charge is -2.29. The molecular formula is C22H19Cl2N2O3-. The molecule has 1 aliphatic rings. The third kappa shape index (κ3) is 3.80. The van der Waals surface area contributed by atoms with E-state index in [1.807, 2.05) is 60.7 Å². The molecule has 1 heterocycles. The number of hydrogen-bond acceptors (Lipinski definition) is 5. The van der Waals surface area contributed by atoms with Crippen LogP contribution >= 0.6 is 23.2 Å². The SMILES string of the molecule is [O-]N(O)c1cc2c(cc1[C@H](Cl)[C@H](Cl)c1ccccc1)[C@H](O)[C@H](c1ccccc1)N2. The summed E-state index contributed by atoms with van der Waals surface area (Å²) in [6.45, 7) is 0. The molecule has 0 saturated heterocycles. The summed E-state index contributed by atoms with van der Waals surface area (Å²) in [6.07, 6.45) is -0.839. The lowest BCUT2D eigenvalue weighted by atomic mass is 9.95. The minimum Gasteiger partial charge on any atom is -0.733 e. The van der Waals surface area contributed by atoms with E-state index < -0.39 is 16.9 Å². The van der Waals surface area contributed by atoms with Crippen molar-refractivity contribution in [1.82, 2.24) is 0 Å². The minimum atomic E-state index is -0.839. The molecule has 3 aromatic rings. The van der Waals surface area contributed by atoms with Gasteiger partial charge in [0.05, 0.1) is 22.5 Å². The van der Waals surface area contributed by atoms with Crippen LogP contribution in [0.15, 0.2) is 72.8 Å². The molecule has 1 aliphatic heterocycles.